The van der Waals surface area contributed by atoms with Crippen molar-refractivity contribution < 1.29 is 9.90 Å². The fraction of sp³-hybridized carbons (Fsp3) is 0.412. The minimum atomic E-state index is -1.19. The lowest BCUT2D eigenvalue weighted by atomic mass is 9.75. The lowest BCUT2D eigenvalue weighted by Gasteiger charge is -2.33. The Morgan fingerprint density at radius 1 is 1.30 bits per heavy atom. The van der Waals surface area contributed by atoms with Crippen LogP contribution >= 0.6 is 0 Å². The van der Waals surface area contributed by atoms with Gasteiger partial charge in [-0.15, -0.1) is 0 Å². The van der Waals surface area contributed by atoms with Gasteiger partial charge in [-0.05, 0) is 43.1 Å². The molecule has 1 fully saturated rings. The number of hydrogen-bond acceptors (Lipinski definition) is 3. The number of benzene rings is 1. The van der Waals surface area contributed by atoms with Gasteiger partial charge in [0.15, 0.2) is 5.78 Å². The number of hydrogen-bond donors (Lipinski definition) is 1. The van der Waals surface area contributed by atoms with E-state index in [1.165, 1.54) is 0 Å². The largest absolute Gasteiger partial charge is 0.382 e. The molecule has 1 aliphatic rings. The topological polar surface area (TPSA) is 50.2 Å². The molecule has 20 heavy (non-hydrogen) atoms. The van der Waals surface area contributed by atoms with E-state index in [1.807, 2.05) is 18.2 Å². The molecule has 3 rings (SSSR count). The molecule has 0 amide bonds. The second-order valence-corrected chi connectivity index (χ2v) is 5.95. The van der Waals surface area contributed by atoms with E-state index in [4.69, 9.17) is 0 Å². The summed E-state index contributed by atoms with van der Waals surface area (Å²) in [5.41, 5.74) is -0.577. The van der Waals surface area contributed by atoms with Gasteiger partial charge < -0.3 is 5.11 Å². The van der Waals surface area contributed by atoms with Crippen LogP contribution in [0.15, 0.2) is 36.7 Å². The summed E-state index contributed by atoms with van der Waals surface area (Å²) in [5, 5.41) is 12.5. The van der Waals surface area contributed by atoms with Crippen LogP contribution in [0.3, 0.4) is 0 Å². The molecule has 1 aliphatic carbocycles. The van der Waals surface area contributed by atoms with Gasteiger partial charge in [-0.25, -0.2) is 0 Å². The van der Waals surface area contributed by atoms with E-state index in [2.05, 4.69) is 11.9 Å². The summed E-state index contributed by atoms with van der Waals surface area (Å²) >= 11 is 0. The van der Waals surface area contributed by atoms with E-state index in [1.54, 1.807) is 18.5 Å². The highest BCUT2D eigenvalue weighted by Crippen LogP contribution is 2.35. The van der Waals surface area contributed by atoms with Crippen molar-refractivity contribution in [2.45, 2.75) is 38.2 Å². The Kier molecular flexibility index (Phi) is 3.30. The highest BCUT2D eigenvalue weighted by Gasteiger charge is 2.39. The third kappa shape index (κ3) is 2.22. The zero-order chi connectivity index (χ0) is 14.2. The number of aromatic nitrogens is 1. The molecule has 3 nitrogen and oxygen atoms in total. The van der Waals surface area contributed by atoms with Crippen molar-refractivity contribution >= 4 is 16.6 Å². The fourth-order valence-electron chi connectivity index (χ4n) is 3.04. The molecule has 2 aromatic rings. The minimum absolute atomic E-state index is 0.138. The smallest absolute Gasteiger partial charge is 0.194 e. The number of carbonyl (C=O) groups excluding carboxylic acids is 1. The maximum Gasteiger partial charge on any atom is 0.194 e. The van der Waals surface area contributed by atoms with Gasteiger partial charge in [-0.2, -0.15) is 0 Å². The van der Waals surface area contributed by atoms with E-state index in [-0.39, 0.29) is 5.78 Å². The number of rotatable bonds is 2. The van der Waals surface area contributed by atoms with Crippen LogP contribution in [-0.4, -0.2) is 21.5 Å². The molecular weight excluding hydrogens is 250 g/mol. The Balaban J connectivity index is 2.01. The van der Waals surface area contributed by atoms with Crippen LogP contribution in [0.2, 0.25) is 0 Å². The number of fused-ring (bicyclic) bond motifs is 1. The van der Waals surface area contributed by atoms with Crippen LogP contribution in [0.1, 0.15) is 43.0 Å². The molecule has 1 saturated carbocycles. The van der Waals surface area contributed by atoms with Crippen LogP contribution in [-0.2, 0) is 0 Å². The third-order valence-electron chi connectivity index (χ3n) is 4.45. The Labute approximate surface area is 118 Å². The van der Waals surface area contributed by atoms with E-state index in [0.717, 1.165) is 23.6 Å². The van der Waals surface area contributed by atoms with E-state index >= 15 is 0 Å². The van der Waals surface area contributed by atoms with Crippen molar-refractivity contribution in [1.82, 2.24) is 4.98 Å². The first kappa shape index (κ1) is 13.3. The van der Waals surface area contributed by atoms with Crippen LogP contribution in [0.25, 0.3) is 10.8 Å². The fourth-order valence-corrected chi connectivity index (χ4v) is 3.04. The zero-order valence-corrected chi connectivity index (χ0v) is 11.7. The predicted molar refractivity (Wildman–Crippen MR) is 78.7 cm³/mol. The third-order valence-corrected chi connectivity index (χ3v) is 4.45. The molecule has 1 heterocycles. The van der Waals surface area contributed by atoms with Gasteiger partial charge in [0.05, 0.1) is 0 Å². The van der Waals surface area contributed by atoms with Crippen LogP contribution in [0, 0.1) is 5.92 Å². The zero-order valence-electron chi connectivity index (χ0n) is 11.7. The molecule has 0 saturated heterocycles. The number of carbonyl (C=O) groups is 1. The average Bonchev–Trinajstić information content (AvgIpc) is 2.49. The Hall–Kier alpha value is -1.74. The SMILES string of the molecule is CC1CCC(O)(C(=O)c2cccc3cnccc23)CC1. The van der Waals surface area contributed by atoms with Gasteiger partial charge in [0.25, 0.3) is 0 Å². The second-order valence-electron chi connectivity index (χ2n) is 5.95. The summed E-state index contributed by atoms with van der Waals surface area (Å²) < 4.78 is 0. The van der Waals surface area contributed by atoms with Crippen molar-refractivity contribution in [2.75, 3.05) is 0 Å². The van der Waals surface area contributed by atoms with E-state index in [0.29, 0.717) is 24.3 Å². The van der Waals surface area contributed by atoms with Crippen molar-refractivity contribution in [3.05, 3.63) is 42.2 Å². The molecule has 1 N–H and O–H groups in total. The number of Topliss-reactive ketones (excluding diaryl/α,β-unsaturated/α-hetero) is 1. The van der Waals surface area contributed by atoms with Gasteiger partial charge in [-0.1, -0.05) is 25.1 Å². The molecule has 0 bridgehead atoms. The van der Waals surface area contributed by atoms with Crippen molar-refractivity contribution in [1.29, 1.82) is 0 Å². The Bertz CT molecular complexity index is 637. The summed E-state index contributed by atoms with van der Waals surface area (Å²) in [6.07, 6.45) is 6.39. The summed E-state index contributed by atoms with van der Waals surface area (Å²) in [7, 11) is 0. The Morgan fingerprint density at radius 2 is 2.05 bits per heavy atom. The van der Waals surface area contributed by atoms with E-state index in [9.17, 15) is 9.90 Å². The molecule has 0 spiro atoms. The predicted octanol–water partition coefficient (Wildman–Crippen LogP) is 3.36. The first-order chi connectivity index (χ1) is 9.60. The highest BCUT2D eigenvalue weighted by atomic mass is 16.3. The minimum Gasteiger partial charge on any atom is -0.382 e. The van der Waals surface area contributed by atoms with Crippen LogP contribution in [0.5, 0.6) is 0 Å². The summed E-state index contributed by atoms with van der Waals surface area (Å²) in [5.74, 6) is 0.459. The Morgan fingerprint density at radius 3 is 2.80 bits per heavy atom. The summed E-state index contributed by atoms with van der Waals surface area (Å²) in [4.78, 5) is 16.9. The molecule has 0 unspecified atom stereocenters. The van der Waals surface area contributed by atoms with Crippen LogP contribution < -0.4 is 0 Å². The monoisotopic (exact) mass is 269 g/mol. The van der Waals surface area contributed by atoms with Crippen molar-refractivity contribution in [3.8, 4) is 0 Å². The van der Waals surface area contributed by atoms with E-state index < -0.39 is 5.60 Å². The summed E-state index contributed by atoms with van der Waals surface area (Å²) in [6, 6.07) is 7.44. The molecular formula is C17H19NO2. The van der Waals surface area contributed by atoms with Crippen molar-refractivity contribution in [3.63, 3.8) is 0 Å². The molecule has 104 valence electrons. The molecule has 1 aromatic carbocycles. The number of pyridine rings is 1. The quantitative estimate of drug-likeness (QED) is 0.850. The van der Waals surface area contributed by atoms with Gasteiger partial charge in [0.1, 0.15) is 5.60 Å². The van der Waals surface area contributed by atoms with Crippen LogP contribution in [0.4, 0.5) is 0 Å². The average molecular weight is 269 g/mol. The number of aliphatic hydroxyl groups is 1. The standard InChI is InChI=1S/C17H19NO2/c1-12-5-8-17(20,9-6-12)16(19)15-4-2-3-13-11-18-10-7-14(13)15/h2-4,7,10-12,20H,5-6,8-9H2,1H3. The van der Waals surface area contributed by atoms with Gasteiger partial charge in [0.2, 0.25) is 0 Å². The maximum atomic E-state index is 12.8. The molecule has 0 radical (unpaired) electrons. The highest BCUT2D eigenvalue weighted by molar-refractivity contribution is 6.11. The molecule has 0 atom stereocenters. The van der Waals surface area contributed by atoms with Crippen molar-refractivity contribution in [2.24, 2.45) is 5.92 Å². The molecule has 0 aliphatic heterocycles. The number of ketones is 1. The lowest BCUT2D eigenvalue weighted by molar-refractivity contribution is 0.00441. The molecule has 3 heteroatoms. The summed E-state index contributed by atoms with van der Waals surface area (Å²) in [6.45, 7) is 2.17. The maximum absolute atomic E-state index is 12.8. The first-order valence-electron chi connectivity index (χ1n) is 7.20. The first-order valence-corrected chi connectivity index (χ1v) is 7.20. The molecule has 1 aromatic heterocycles. The second kappa shape index (κ2) is 4.98. The van der Waals surface area contributed by atoms with Gasteiger partial charge in [-0.3, -0.25) is 9.78 Å². The van der Waals surface area contributed by atoms with Gasteiger partial charge >= 0.3 is 0 Å². The lowest BCUT2D eigenvalue weighted by Crippen LogP contribution is -2.42. The van der Waals surface area contributed by atoms with Gasteiger partial charge in [0, 0.05) is 23.3 Å². The number of nitrogens with zero attached hydrogens (tertiary/aromatic N) is 1. The normalized spacial score (nSPS) is 26.6.